The van der Waals surface area contributed by atoms with Crippen LogP contribution in [0.25, 0.3) is 0 Å². The first kappa shape index (κ1) is 8.99. The van der Waals surface area contributed by atoms with E-state index in [-0.39, 0.29) is 18.3 Å². The first-order valence-corrected chi connectivity index (χ1v) is 3.93. The molecule has 0 fully saturated rings. The maximum atomic E-state index is 11.1. The summed E-state index contributed by atoms with van der Waals surface area (Å²) in [6.07, 6.45) is 0.398. The van der Waals surface area contributed by atoms with Crippen LogP contribution in [0.5, 0.6) is 0 Å². The molecule has 1 heterocycles. The monoisotopic (exact) mass is 171 g/mol. The number of nitrogens with zero attached hydrogens (tertiary/aromatic N) is 2. The molecule has 0 bridgehead atoms. The van der Waals surface area contributed by atoms with Gasteiger partial charge in [-0.1, -0.05) is 0 Å². The second-order valence-corrected chi connectivity index (χ2v) is 2.89. The molecule has 1 rings (SSSR count). The minimum absolute atomic E-state index is 0.00501. The molecule has 12 heavy (non-hydrogen) atoms. The third-order valence-electron chi connectivity index (χ3n) is 1.53. The molecule has 1 aromatic rings. The van der Waals surface area contributed by atoms with Gasteiger partial charge in [0.25, 0.3) is 0 Å². The number of aliphatic hydroxyl groups excluding tert-OH is 1. The first-order valence-electron chi connectivity index (χ1n) is 3.93. The molecule has 2 N–H and O–H groups in total. The van der Waals surface area contributed by atoms with Crippen LogP contribution in [-0.2, 0) is 6.42 Å². The molecule has 0 aliphatic rings. The fraction of sp³-hybridized carbons (Fsp3) is 0.714. The number of aromatic nitrogens is 3. The van der Waals surface area contributed by atoms with Crippen LogP contribution in [0.1, 0.15) is 25.7 Å². The summed E-state index contributed by atoms with van der Waals surface area (Å²) in [5.74, 6) is 0.538. The van der Waals surface area contributed by atoms with Gasteiger partial charge in [0.15, 0.2) is 0 Å². The Balaban J connectivity index is 2.93. The zero-order chi connectivity index (χ0) is 9.14. The molecule has 0 aliphatic carbocycles. The van der Waals surface area contributed by atoms with E-state index >= 15 is 0 Å². The Hall–Kier alpha value is -1.10. The lowest BCUT2D eigenvalue weighted by atomic mass is 10.4. The number of hydrogen-bond acceptors (Lipinski definition) is 3. The predicted molar refractivity (Wildman–Crippen MR) is 44.0 cm³/mol. The molecule has 5 nitrogen and oxygen atoms in total. The highest BCUT2D eigenvalue weighted by molar-refractivity contribution is 4.83. The molecule has 0 saturated carbocycles. The summed E-state index contributed by atoms with van der Waals surface area (Å²) in [5.41, 5.74) is -0.214. The molecule has 5 heteroatoms. The van der Waals surface area contributed by atoms with Crippen molar-refractivity contribution in [1.29, 1.82) is 0 Å². The number of hydrogen-bond donors (Lipinski definition) is 2. The van der Waals surface area contributed by atoms with E-state index in [0.29, 0.717) is 12.2 Å². The van der Waals surface area contributed by atoms with Gasteiger partial charge in [0.05, 0.1) is 12.6 Å². The van der Waals surface area contributed by atoms with Gasteiger partial charge in [-0.25, -0.2) is 9.48 Å². The summed E-state index contributed by atoms with van der Waals surface area (Å²) in [7, 11) is 0. The minimum atomic E-state index is -0.214. The molecular formula is C7H13N3O2. The topological polar surface area (TPSA) is 70.9 Å². The van der Waals surface area contributed by atoms with E-state index in [1.54, 1.807) is 0 Å². The summed E-state index contributed by atoms with van der Waals surface area (Å²) < 4.78 is 1.37. The van der Waals surface area contributed by atoms with Crippen LogP contribution >= 0.6 is 0 Å². The molecule has 0 aliphatic heterocycles. The molecule has 0 amide bonds. The van der Waals surface area contributed by atoms with Gasteiger partial charge in [-0.3, -0.25) is 4.98 Å². The van der Waals surface area contributed by atoms with Crippen LogP contribution in [0.3, 0.4) is 0 Å². The number of aromatic amines is 1. The molecule has 0 atom stereocenters. The lowest BCUT2D eigenvalue weighted by molar-refractivity contribution is 0.296. The van der Waals surface area contributed by atoms with Crippen molar-refractivity contribution in [2.45, 2.75) is 26.3 Å². The third-order valence-corrected chi connectivity index (χ3v) is 1.53. The third kappa shape index (κ3) is 1.73. The van der Waals surface area contributed by atoms with E-state index in [1.807, 2.05) is 13.8 Å². The van der Waals surface area contributed by atoms with Gasteiger partial charge in [0.1, 0.15) is 5.82 Å². The average molecular weight is 171 g/mol. The van der Waals surface area contributed by atoms with Gasteiger partial charge in [-0.2, -0.15) is 5.10 Å². The van der Waals surface area contributed by atoms with Crippen molar-refractivity contribution in [2.24, 2.45) is 0 Å². The summed E-state index contributed by atoms with van der Waals surface area (Å²) >= 11 is 0. The quantitative estimate of drug-likeness (QED) is 0.655. The molecular weight excluding hydrogens is 158 g/mol. The van der Waals surface area contributed by atoms with Crippen molar-refractivity contribution in [3.05, 3.63) is 16.3 Å². The van der Waals surface area contributed by atoms with Crippen LogP contribution in [0.4, 0.5) is 0 Å². The molecule has 0 unspecified atom stereocenters. The van der Waals surface area contributed by atoms with Crippen molar-refractivity contribution in [1.82, 2.24) is 14.8 Å². The van der Waals surface area contributed by atoms with E-state index in [9.17, 15) is 4.79 Å². The minimum Gasteiger partial charge on any atom is -0.396 e. The Bertz CT molecular complexity index is 300. The number of rotatable bonds is 3. The van der Waals surface area contributed by atoms with Crippen molar-refractivity contribution >= 4 is 0 Å². The molecule has 1 aromatic heterocycles. The van der Waals surface area contributed by atoms with Crippen molar-refractivity contribution in [3.8, 4) is 0 Å². The largest absolute Gasteiger partial charge is 0.396 e. The highest BCUT2D eigenvalue weighted by Gasteiger charge is 2.06. The Morgan fingerprint density at radius 3 is 2.75 bits per heavy atom. The van der Waals surface area contributed by atoms with Gasteiger partial charge in [0.2, 0.25) is 0 Å². The Labute approximate surface area is 70.0 Å². The van der Waals surface area contributed by atoms with Crippen LogP contribution in [-0.4, -0.2) is 26.5 Å². The zero-order valence-electron chi connectivity index (χ0n) is 7.24. The standard InChI is InChI=1S/C7H13N3O2/c1-5(2)10-7(12)8-6(9-10)3-4-11/h5,11H,3-4H2,1-2H3,(H,8,9,12). The maximum absolute atomic E-state index is 11.1. The fourth-order valence-electron chi connectivity index (χ4n) is 0.950. The highest BCUT2D eigenvalue weighted by atomic mass is 16.3. The normalized spacial score (nSPS) is 11.0. The van der Waals surface area contributed by atoms with Crippen molar-refractivity contribution in [3.63, 3.8) is 0 Å². The molecule has 0 spiro atoms. The number of aliphatic hydroxyl groups is 1. The highest BCUT2D eigenvalue weighted by Crippen LogP contribution is 1.96. The van der Waals surface area contributed by atoms with Gasteiger partial charge < -0.3 is 5.11 Å². The van der Waals surface area contributed by atoms with E-state index in [2.05, 4.69) is 10.1 Å². The maximum Gasteiger partial charge on any atom is 0.343 e. The van der Waals surface area contributed by atoms with Crippen molar-refractivity contribution in [2.75, 3.05) is 6.61 Å². The van der Waals surface area contributed by atoms with Crippen LogP contribution < -0.4 is 5.69 Å². The van der Waals surface area contributed by atoms with Crippen molar-refractivity contribution < 1.29 is 5.11 Å². The second kappa shape index (κ2) is 3.53. The lowest BCUT2D eigenvalue weighted by Crippen LogP contribution is -2.19. The molecule has 68 valence electrons. The molecule has 0 saturated heterocycles. The lowest BCUT2D eigenvalue weighted by Gasteiger charge is -2.00. The van der Waals surface area contributed by atoms with E-state index < -0.39 is 0 Å². The van der Waals surface area contributed by atoms with Gasteiger partial charge >= 0.3 is 5.69 Å². The summed E-state index contributed by atoms with van der Waals surface area (Å²) in [4.78, 5) is 13.7. The first-order chi connectivity index (χ1) is 5.65. The van der Waals surface area contributed by atoms with Gasteiger partial charge in [-0.05, 0) is 13.8 Å². The zero-order valence-corrected chi connectivity index (χ0v) is 7.24. The Kier molecular flexibility index (Phi) is 2.65. The molecule has 0 radical (unpaired) electrons. The number of H-pyrrole nitrogens is 1. The van der Waals surface area contributed by atoms with Crippen LogP contribution in [0, 0.1) is 0 Å². The Morgan fingerprint density at radius 2 is 2.33 bits per heavy atom. The summed E-state index contributed by atoms with van der Waals surface area (Å²) in [6, 6.07) is 0.0567. The van der Waals surface area contributed by atoms with E-state index in [4.69, 9.17) is 5.11 Å². The number of nitrogens with one attached hydrogen (secondary N) is 1. The smallest absolute Gasteiger partial charge is 0.343 e. The van der Waals surface area contributed by atoms with Gasteiger partial charge in [0, 0.05) is 6.42 Å². The van der Waals surface area contributed by atoms with E-state index in [0.717, 1.165) is 0 Å². The Morgan fingerprint density at radius 1 is 1.67 bits per heavy atom. The molecule has 0 aromatic carbocycles. The fourth-order valence-corrected chi connectivity index (χ4v) is 0.950. The average Bonchev–Trinajstić information content (AvgIpc) is 2.32. The second-order valence-electron chi connectivity index (χ2n) is 2.89. The SMILES string of the molecule is CC(C)n1nc(CCO)[nH]c1=O. The summed E-state index contributed by atoms with van der Waals surface area (Å²) in [6.45, 7) is 3.76. The van der Waals surface area contributed by atoms with Crippen LogP contribution in [0.2, 0.25) is 0 Å². The summed E-state index contributed by atoms with van der Waals surface area (Å²) in [5, 5.41) is 12.6. The van der Waals surface area contributed by atoms with Crippen LogP contribution in [0.15, 0.2) is 4.79 Å². The predicted octanol–water partition coefficient (Wildman–Crippen LogP) is -0.313. The van der Waals surface area contributed by atoms with E-state index in [1.165, 1.54) is 4.68 Å². The van der Waals surface area contributed by atoms with Gasteiger partial charge in [-0.15, -0.1) is 0 Å².